The largest absolute Gasteiger partial charge is 0.359 e. The normalized spacial score (nSPS) is 15.4. The molecule has 0 bridgehead atoms. The van der Waals surface area contributed by atoms with Gasteiger partial charge in [0.2, 0.25) is 11.8 Å². The van der Waals surface area contributed by atoms with E-state index in [4.69, 9.17) is 0 Å². The van der Waals surface area contributed by atoms with Crippen molar-refractivity contribution < 1.29 is 9.59 Å². The smallest absolute Gasteiger partial charge is 0.220 e. The highest BCUT2D eigenvalue weighted by Crippen LogP contribution is 2.36. The number of carbonyl (C=O) groups excluding carboxylic acids is 2. The van der Waals surface area contributed by atoms with Crippen molar-refractivity contribution in [3.05, 3.63) is 0 Å². The number of hydrogen-bond donors (Lipinski definition) is 2. The molecule has 6 heteroatoms. The van der Waals surface area contributed by atoms with E-state index < -0.39 is 0 Å². The number of nitrogens with one attached hydrogen (secondary N) is 2. The van der Waals surface area contributed by atoms with Gasteiger partial charge in [-0.05, 0) is 12.3 Å². The molecule has 0 saturated heterocycles. The Labute approximate surface area is 124 Å². The molecule has 0 rings (SSSR count). The van der Waals surface area contributed by atoms with Crippen LogP contribution in [0.1, 0.15) is 40.0 Å². The molecule has 19 heavy (non-hydrogen) atoms. The minimum absolute atomic E-state index is 0.0950. The van der Waals surface area contributed by atoms with E-state index >= 15 is 0 Å². The first kappa shape index (κ1) is 18.6. The first-order valence-electron chi connectivity index (χ1n) is 6.64. The second-order valence-corrected chi connectivity index (χ2v) is 7.86. The zero-order chi connectivity index (χ0) is 14.8. The molecule has 4 nitrogen and oxygen atoms in total. The van der Waals surface area contributed by atoms with Crippen molar-refractivity contribution in [2.45, 2.75) is 50.5 Å². The molecule has 3 unspecified atom stereocenters. The Hall–Kier alpha value is -0.360. The fraction of sp³-hybridized carbons (Fsp3) is 0.846. The predicted octanol–water partition coefficient (Wildman–Crippen LogP) is 2.44. The molecule has 0 aromatic carbocycles. The fourth-order valence-electron chi connectivity index (χ4n) is 1.35. The number of carbonyl (C=O) groups is 2. The van der Waals surface area contributed by atoms with E-state index in [0.29, 0.717) is 29.3 Å². The highest BCUT2D eigenvalue weighted by Gasteiger charge is 2.17. The molecule has 112 valence electrons. The molecule has 0 saturated carbocycles. The summed E-state index contributed by atoms with van der Waals surface area (Å²) < 4.78 is 0. The molecule has 0 aromatic rings. The summed E-state index contributed by atoms with van der Waals surface area (Å²) in [5.74, 6) is 0.541. The monoisotopic (exact) mass is 306 g/mol. The molecule has 0 fully saturated rings. The fourth-order valence-corrected chi connectivity index (χ4v) is 4.16. The number of rotatable bonds is 9. The van der Waals surface area contributed by atoms with Gasteiger partial charge in [-0.25, -0.2) is 0 Å². The van der Waals surface area contributed by atoms with Gasteiger partial charge >= 0.3 is 0 Å². The molecule has 3 atom stereocenters. The first-order valence-corrected chi connectivity index (χ1v) is 8.91. The lowest BCUT2D eigenvalue weighted by molar-refractivity contribution is -0.121. The third kappa shape index (κ3) is 9.21. The Morgan fingerprint density at radius 2 is 1.58 bits per heavy atom. The van der Waals surface area contributed by atoms with E-state index in [1.165, 1.54) is 0 Å². The Kier molecular flexibility index (Phi) is 10.2. The summed E-state index contributed by atoms with van der Waals surface area (Å²) in [4.78, 5) is 22.4. The van der Waals surface area contributed by atoms with E-state index in [1.54, 1.807) is 24.9 Å². The van der Waals surface area contributed by atoms with Crippen molar-refractivity contribution in [3.8, 4) is 0 Å². The topological polar surface area (TPSA) is 58.2 Å². The van der Waals surface area contributed by atoms with Gasteiger partial charge in [-0.15, -0.1) is 0 Å². The quantitative estimate of drug-likeness (QED) is 0.642. The molecule has 0 radical (unpaired) electrons. The van der Waals surface area contributed by atoms with Gasteiger partial charge in [0, 0.05) is 37.4 Å². The van der Waals surface area contributed by atoms with Gasteiger partial charge in [0.15, 0.2) is 0 Å². The third-order valence-corrected chi connectivity index (χ3v) is 6.69. The molecule has 0 heterocycles. The number of hydrogen-bond acceptors (Lipinski definition) is 4. The van der Waals surface area contributed by atoms with E-state index in [2.05, 4.69) is 31.4 Å². The van der Waals surface area contributed by atoms with Crippen LogP contribution >= 0.6 is 21.6 Å². The second-order valence-electron chi connectivity index (χ2n) is 4.77. The van der Waals surface area contributed by atoms with Crippen LogP contribution in [0.3, 0.4) is 0 Å². The molecule has 2 N–H and O–H groups in total. The van der Waals surface area contributed by atoms with Crippen LogP contribution < -0.4 is 10.6 Å². The maximum Gasteiger partial charge on any atom is 0.220 e. The van der Waals surface area contributed by atoms with Crippen molar-refractivity contribution in [1.29, 1.82) is 0 Å². The standard InChI is InChI=1S/C13H26N2O2S2/c1-9(8-13(17)15-5)11(3)19-18-10(2)6-7-12(16)14-4/h9-11H,6-8H2,1-5H3,(H,14,16)(H,15,17). The highest BCUT2D eigenvalue weighted by molar-refractivity contribution is 8.77. The molecule has 0 aliphatic rings. The second kappa shape index (κ2) is 10.4. The van der Waals surface area contributed by atoms with Crippen LogP contribution in [0.15, 0.2) is 0 Å². The van der Waals surface area contributed by atoms with Crippen LogP contribution in [0.4, 0.5) is 0 Å². The van der Waals surface area contributed by atoms with Gasteiger partial charge < -0.3 is 10.6 Å². The highest BCUT2D eigenvalue weighted by atomic mass is 33.1. The van der Waals surface area contributed by atoms with Gasteiger partial charge in [0.25, 0.3) is 0 Å². The average molecular weight is 306 g/mol. The molecular formula is C13H26N2O2S2. The van der Waals surface area contributed by atoms with Crippen molar-refractivity contribution in [2.24, 2.45) is 5.92 Å². The Balaban J connectivity index is 3.84. The van der Waals surface area contributed by atoms with Crippen molar-refractivity contribution >= 4 is 33.4 Å². The van der Waals surface area contributed by atoms with Gasteiger partial charge in [0.1, 0.15) is 0 Å². The van der Waals surface area contributed by atoms with Crippen LogP contribution in [0.5, 0.6) is 0 Å². The Bertz CT molecular complexity index is 288. The van der Waals surface area contributed by atoms with Crippen LogP contribution in [-0.2, 0) is 9.59 Å². The molecular weight excluding hydrogens is 280 g/mol. The first-order chi connectivity index (χ1) is 8.90. The Morgan fingerprint density at radius 3 is 2.11 bits per heavy atom. The summed E-state index contributed by atoms with van der Waals surface area (Å²) in [6, 6.07) is 0. The van der Waals surface area contributed by atoms with Gasteiger partial charge in [-0.1, -0.05) is 42.4 Å². The molecule has 0 spiro atoms. The lowest BCUT2D eigenvalue weighted by atomic mass is 10.0. The van der Waals surface area contributed by atoms with Crippen LogP contribution in [0.2, 0.25) is 0 Å². The summed E-state index contributed by atoms with van der Waals surface area (Å²) >= 11 is 0. The minimum atomic E-state index is 0.0950. The SMILES string of the molecule is CNC(=O)CCC(C)SSC(C)C(C)CC(=O)NC. The summed E-state index contributed by atoms with van der Waals surface area (Å²) in [5.41, 5.74) is 0. The molecule has 0 aliphatic heterocycles. The van der Waals surface area contributed by atoms with Crippen LogP contribution in [0, 0.1) is 5.92 Å². The van der Waals surface area contributed by atoms with Crippen LogP contribution in [-0.4, -0.2) is 36.4 Å². The van der Waals surface area contributed by atoms with Gasteiger partial charge in [0.05, 0.1) is 0 Å². The van der Waals surface area contributed by atoms with E-state index in [9.17, 15) is 9.59 Å². The summed E-state index contributed by atoms with van der Waals surface area (Å²) in [6.45, 7) is 6.39. The zero-order valence-electron chi connectivity index (χ0n) is 12.5. The van der Waals surface area contributed by atoms with Crippen molar-refractivity contribution in [2.75, 3.05) is 14.1 Å². The van der Waals surface area contributed by atoms with E-state index in [1.807, 2.05) is 10.8 Å². The maximum atomic E-state index is 11.3. The lowest BCUT2D eigenvalue weighted by Gasteiger charge is -2.20. The molecule has 0 aromatic heterocycles. The average Bonchev–Trinajstić information content (AvgIpc) is 2.41. The van der Waals surface area contributed by atoms with Gasteiger partial charge in [-0.3, -0.25) is 9.59 Å². The Morgan fingerprint density at radius 1 is 1.00 bits per heavy atom. The third-order valence-electron chi connectivity index (χ3n) is 3.02. The summed E-state index contributed by atoms with van der Waals surface area (Å²) in [6.07, 6.45) is 2.03. The maximum absolute atomic E-state index is 11.3. The van der Waals surface area contributed by atoms with Crippen LogP contribution in [0.25, 0.3) is 0 Å². The van der Waals surface area contributed by atoms with Crippen molar-refractivity contribution in [1.82, 2.24) is 10.6 Å². The van der Waals surface area contributed by atoms with Crippen molar-refractivity contribution in [3.63, 3.8) is 0 Å². The lowest BCUT2D eigenvalue weighted by Crippen LogP contribution is -2.23. The van der Waals surface area contributed by atoms with E-state index in [-0.39, 0.29) is 11.8 Å². The number of amides is 2. The minimum Gasteiger partial charge on any atom is -0.359 e. The summed E-state index contributed by atoms with van der Waals surface area (Å²) in [7, 11) is 6.95. The predicted molar refractivity (Wildman–Crippen MR) is 85.3 cm³/mol. The van der Waals surface area contributed by atoms with E-state index in [0.717, 1.165) is 6.42 Å². The van der Waals surface area contributed by atoms with Gasteiger partial charge in [-0.2, -0.15) is 0 Å². The molecule has 0 aliphatic carbocycles. The zero-order valence-corrected chi connectivity index (χ0v) is 14.1. The summed E-state index contributed by atoms with van der Waals surface area (Å²) in [5, 5.41) is 6.15. The molecule has 2 amide bonds.